The van der Waals surface area contributed by atoms with Crippen LogP contribution in [0.15, 0.2) is 42.7 Å². The second-order valence-corrected chi connectivity index (χ2v) is 5.55. The van der Waals surface area contributed by atoms with Gasteiger partial charge in [0.25, 0.3) is 0 Å². The Hall–Kier alpha value is -1.45. The van der Waals surface area contributed by atoms with E-state index in [1.165, 1.54) is 6.07 Å². The molecule has 0 bridgehead atoms. The summed E-state index contributed by atoms with van der Waals surface area (Å²) in [5.74, 6) is 0.154. The Morgan fingerprint density at radius 1 is 1.19 bits per heavy atom. The van der Waals surface area contributed by atoms with Crippen molar-refractivity contribution in [2.45, 2.75) is 19.8 Å². The molecule has 1 aromatic carbocycles. The molecule has 21 heavy (non-hydrogen) atoms. The fourth-order valence-electron chi connectivity index (χ4n) is 2.42. The minimum absolute atomic E-state index is 0.139. The van der Waals surface area contributed by atoms with Crippen LogP contribution in [0, 0.1) is 11.7 Å². The second-order valence-electron chi connectivity index (χ2n) is 5.14. The van der Waals surface area contributed by atoms with E-state index in [0.29, 0.717) is 17.4 Å². The van der Waals surface area contributed by atoms with Crippen molar-refractivity contribution >= 4 is 11.6 Å². The number of aromatic nitrogens is 1. The van der Waals surface area contributed by atoms with Gasteiger partial charge in [-0.3, -0.25) is 4.98 Å². The highest BCUT2D eigenvalue weighted by molar-refractivity contribution is 6.31. The van der Waals surface area contributed by atoms with Crippen LogP contribution in [0.3, 0.4) is 0 Å². The van der Waals surface area contributed by atoms with Crippen LogP contribution in [0.25, 0.3) is 0 Å². The highest BCUT2D eigenvalue weighted by Gasteiger charge is 2.14. The Kier molecular flexibility index (Phi) is 6.15. The van der Waals surface area contributed by atoms with Gasteiger partial charge in [-0.05, 0) is 55.1 Å². The largest absolute Gasteiger partial charge is 0.317 e. The highest BCUT2D eigenvalue weighted by Crippen LogP contribution is 2.21. The molecule has 1 N–H and O–H groups in total. The van der Waals surface area contributed by atoms with Gasteiger partial charge >= 0.3 is 0 Å². The van der Waals surface area contributed by atoms with E-state index >= 15 is 0 Å². The number of nitrogens with zero attached hydrogens (tertiary/aromatic N) is 1. The first kappa shape index (κ1) is 15.9. The Balaban J connectivity index is 2.11. The van der Waals surface area contributed by atoms with Crippen LogP contribution < -0.4 is 5.32 Å². The van der Waals surface area contributed by atoms with Crippen molar-refractivity contribution in [1.82, 2.24) is 10.3 Å². The lowest BCUT2D eigenvalue weighted by molar-refractivity contribution is 0.467. The van der Waals surface area contributed by atoms with Crippen LogP contribution in [0.4, 0.5) is 4.39 Å². The number of halogens is 2. The molecule has 0 amide bonds. The minimum Gasteiger partial charge on any atom is -0.317 e. The van der Waals surface area contributed by atoms with Crippen LogP contribution >= 0.6 is 11.6 Å². The molecule has 0 spiro atoms. The quantitative estimate of drug-likeness (QED) is 0.839. The molecule has 112 valence electrons. The van der Waals surface area contributed by atoms with Gasteiger partial charge in [-0.15, -0.1) is 0 Å². The summed E-state index contributed by atoms with van der Waals surface area (Å²) < 4.78 is 13.8. The maximum absolute atomic E-state index is 13.8. The number of pyridine rings is 1. The van der Waals surface area contributed by atoms with Crippen molar-refractivity contribution in [3.05, 3.63) is 64.7 Å². The maximum Gasteiger partial charge on any atom is 0.126 e. The molecule has 2 aromatic rings. The van der Waals surface area contributed by atoms with Crippen LogP contribution in [-0.4, -0.2) is 18.1 Å². The lowest BCUT2D eigenvalue weighted by Gasteiger charge is -2.18. The molecule has 2 nitrogen and oxygen atoms in total. The molecule has 4 heteroatoms. The van der Waals surface area contributed by atoms with Gasteiger partial charge in [0.05, 0.1) is 5.02 Å². The number of rotatable bonds is 7. The van der Waals surface area contributed by atoms with Gasteiger partial charge in [-0.2, -0.15) is 0 Å². The summed E-state index contributed by atoms with van der Waals surface area (Å²) in [4.78, 5) is 4.00. The first-order valence-electron chi connectivity index (χ1n) is 7.23. The summed E-state index contributed by atoms with van der Waals surface area (Å²) in [5.41, 5.74) is 1.82. The van der Waals surface area contributed by atoms with Crippen LogP contribution in [-0.2, 0) is 12.8 Å². The third-order valence-electron chi connectivity index (χ3n) is 3.51. The molecule has 0 radical (unpaired) electrons. The van der Waals surface area contributed by atoms with Crippen molar-refractivity contribution in [2.24, 2.45) is 5.92 Å². The zero-order valence-corrected chi connectivity index (χ0v) is 12.9. The van der Waals surface area contributed by atoms with E-state index in [9.17, 15) is 4.39 Å². The van der Waals surface area contributed by atoms with Crippen molar-refractivity contribution in [3.63, 3.8) is 0 Å². The third-order valence-corrected chi connectivity index (χ3v) is 3.85. The fraction of sp³-hybridized carbons (Fsp3) is 0.353. The Bertz CT molecular complexity index is 527. The molecule has 1 unspecified atom stereocenters. The summed E-state index contributed by atoms with van der Waals surface area (Å²) in [5, 5.41) is 4.02. The minimum atomic E-state index is -0.139. The zero-order chi connectivity index (χ0) is 15.1. The van der Waals surface area contributed by atoms with Gasteiger partial charge < -0.3 is 5.32 Å². The molecule has 0 saturated carbocycles. The molecule has 1 aromatic heterocycles. The first-order valence-corrected chi connectivity index (χ1v) is 7.61. The van der Waals surface area contributed by atoms with Gasteiger partial charge in [0, 0.05) is 12.4 Å². The Morgan fingerprint density at radius 3 is 2.67 bits per heavy atom. The SMILES string of the molecule is CCNCC(Cc1ccccc1F)Cc1ccncc1Cl. The van der Waals surface area contributed by atoms with E-state index in [-0.39, 0.29) is 5.82 Å². The molecular weight excluding hydrogens is 287 g/mol. The van der Waals surface area contributed by atoms with E-state index in [0.717, 1.165) is 30.6 Å². The zero-order valence-electron chi connectivity index (χ0n) is 12.2. The number of hydrogen-bond donors (Lipinski definition) is 1. The normalized spacial score (nSPS) is 12.3. The highest BCUT2D eigenvalue weighted by atomic mass is 35.5. The molecule has 0 aliphatic carbocycles. The molecular formula is C17H20ClFN2. The molecule has 0 aliphatic heterocycles. The van der Waals surface area contributed by atoms with Crippen molar-refractivity contribution in [1.29, 1.82) is 0 Å². The fourth-order valence-corrected chi connectivity index (χ4v) is 2.62. The van der Waals surface area contributed by atoms with Crippen molar-refractivity contribution < 1.29 is 4.39 Å². The monoisotopic (exact) mass is 306 g/mol. The summed E-state index contributed by atoms with van der Waals surface area (Å²) in [6.07, 6.45) is 4.90. The number of hydrogen-bond acceptors (Lipinski definition) is 2. The Labute approximate surface area is 130 Å². The van der Waals surface area contributed by atoms with Gasteiger partial charge in [0.15, 0.2) is 0 Å². The predicted molar refractivity (Wildman–Crippen MR) is 85.1 cm³/mol. The maximum atomic E-state index is 13.8. The predicted octanol–water partition coefficient (Wildman–Crippen LogP) is 3.89. The first-order chi connectivity index (χ1) is 10.2. The lowest BCUT2D eigenvalue weighted by atomic mass is 9.92. The average molecular weight is 307 g/mol. The van der Waals surface area contributed by atoms with Gasteiger partial charge in [0.2, 0.25) is 0 Å². The van der Waals surface area contributed by atoms with Crippen LogP contribution in [0.1, 0.15) is 18.1 Å². The van der Waals surface area contributed by atoms with E-state index in [2.05, 4.69) is 17.2 Å². The Morgan fingerprint density at radius 2 is 1.95 bits per heavy atom. The summed E-state index contributed by atoms with van der Waals surface area (Å²) >= 11 is 6.18. The summed E-state index contributed by atoms with van der Waals surface area (Å²) in [7, 11) is 0. The molecule has 1 atom stereocenters. The van der Waals surface area contributed by atoms with Crippen molar-refractivity contribution in [2.75, 3.05) is 13.1 Å². The molecule has 2 rings (SSSR count). The lowest BCUT2D eigenvalue weighted by Crippen LogP contribution is -2.26. The summed E-state index contributed by atoms with van der Waals surface area (Å²) in [6.45, 7) is 3.81. The van der Waals surface area contributed by atoms with E-state index < -0.39 is 0 Å². The molecule has 0 saturated heterocycles. The molecule has 0 aliphatic rings. The second kappa shape index (κ2) is 8.11. The molecule has 1 heterocycles. The molecule has 0 fully saturated rings. The van der Waals surface area contributed by atoms with Gasteiger partial charge in [0.1, 0.15) is 5.82 Å². The topological polar surface area (TPSA) is 24.9 Å². The third kappa shape index (κ3) is 4.80. The van der Waals surface area contributed by atoms with Crippen LogP contribution in [0.5, 0.6) is 0 Å². The summed E-state index contributed by atoms with van der Waals surface area (Å²) in [6, 6.07) is 8.89. The van der Waals surface area contributed by atoms with Crippen molar-refractivity contribution in [3.8, 4) is 0 Å². The van der Waals surface area contributed by atoms with E-state index in [1.54, 1.807) is 18.5 Å². The van der Waals surface area contributed by atoms with Gasteiger partial charge in [-0.25, -0.2) is 4.39 Å². The standard InChI is InChI=1S/C17H20ClFN2/c1-2-20-11-13(9-14-7-8-21-12-16(14)18)10-15-5-3-4-6-17(15)19/h3-8,12-13,20H,2,9-11H2,1H3. The average Bonchev–Trinajstić information content (AvgIpc) is 2.49. The van der Waals surface area contributed by atoms with Gasteiger partial charge in [-0.1, -0.05) is 36.7 Å². The number of nitrogens with one attached hydrogen (secondary N) is 1. The van der Waals surface area contributed by atoms with Crippen LogP contribution in [0.2, 0.25) is 5.02 Å². The van der Waals surface area contributed by atoms with E-state index in [1.807, 2.05) is 18.2 Å². The smallest absolute Gasteiger partial charge is 0.126 e. The van der Waals surface area contributed by atoms with E-state index in [4.69, 9.17) is 11.6 Å². The number of benzene rings is 1.